The number of halogens is 1. The van der Waals surface area contributed by atoms with Crippen LogP contribution in [0.15, 0.2) is 27.2 Å². The summed E-state index contributed by atoms with van der Waals surface area (Å²) in [6.45, 7) is 5.58. The highest BCUT2D eigenvalue weighted by Gasteiger charge is 2.15. The summed E-state index contributed by atoms with van der Waals surface area (Å²) in [5.41, 5.74) is 2.09. The van der Waals surface area contributed by atoms with Crippen molar-refractivity contribution in [3.8, 4) is 11.4 Å². The molecular weight excluding hydrogens is 334 g/mol. The molecule has 1 aromatic carbocycles. The lowest BCUT2D eigenvalue weighted by molar-refractivity contribution is 0.162. The SMILES string of the molecule is CCNC(COC)Cc1nc(-c2ccc(Br)cc2C)no1. The molecule has 1 atom stereocenters. The lowest BCUT2D eigenvalue weighted by Gasteiger charge is -2.14. The Bertz CT molecular complexity index is 580. The van der Waals surface area contributed by atoms with Crippen molar-refractivity contribution in [3.05, 3.63) is 34.1 Å². The number of ether oxygens (including phenoxy) is 1. The van der Waals surface area contributed by atoms with Crippen LogP contribution in [0.3, 0.4) is 0 Å². The highest BCUT2D eigenvalue weighted by molar-refractivity contribution is 9.10. The van der Waals surface area contributed by atoms with Gasteiger partial charge in [-0.15, -0.1) is 0 Å². The molecule has 0 fully saturated rings. The van der Waals surface area contributed by atoms with Gasteiger partial charge in [-0.2, -0.15) is 4.98 Å². The highest BCUT2D eigenvalue weighted by atomic mass is 79.9. The normalized spacial score (nSPS) is 12.6. The molecule has 0 radical (unpaired) electrons. The molecule has 0 bridgehead atoms. The molecule has 114 valence electrons. The number of hydrogen-bond acceptors (Lipinski definition) is 5. The van der Waals surface area contributed by atoms with Crippen molar-refractivity contribution in [1.82, 2.24) is 15.5 Å². The van der Waals surface area contributed by atoms with Gasteiger partial charge in [0.05, 0.1) is 6.61 Å². The van der Waals surface area contributed by atoms with Crippen molar-refractivity contribution in [2.75, 3.05) is 20.3 Å². The van der Waals surface area contributed by atoms with Gasteiger partial charge in [-0.25, -0.2) is 0 Å². The Morgan fingerprint density at radius 3 is 2.90 bits per heavy atom. The van der Waals surface area contributed by atoms with Gasteiger partial charge in [-0.1, -0.05) is 28.0 Å². The van der Waals surface area contributed by atoms with Crippen LogP contribution in [0.1, 0.15) is 18.4 Å². The molecule has 2 aromatic rings. The summed E-state index contributed by atoms with van der Waals surface area (Å²) >= 11 is 3.45. The van der Waals surface area contributed by atoms with E-state index in [1.807, 2.05) is 25.1 Å². The molecule has 0 aliphatic rings. The highest BCUT2D eigenvalue weighted by Crippen LogP contribution is 2.24. The summed E-state index contributed by atoms with van der Waals surface area (Å²) in [6, 6.07) is 6.19. The molecular formula is C15H20BrN3O2. The first-order chi connectivity index (χ1) is 10.1. The summed E-state index contributed by atoms with van der Waals surface area (Å²) in [6.07, 6.45) is 0.657. The Morgan fingerprint density at radius 1 is 1.43 bits per heavy atom. The lowest BCUT2D eigenvalue weighted by atomic mass is 10.1. The van der Waals surface area contributed by atoms with Gasteiger partial charge in [0.25, 0.3) is 0 Å². The zero-order valence-electron chi connectivity index (χ0n) is 12.5. The molecule has 1 N–H and O–H groups in total. The molecule has 21 heavy (non-hydrogen) atoms. The monoisotopic (exact) mass is 353 g/mol. The van der Waals surface area contributed by atoms with Gasteiger partial charge in [0.1, 0.15) is 0 Å². The molecule has 0 aliphatic heterocycles. The van der Waals surface area contributed by atoms with E-state index in [0.29, 0.717) is 24.7 Å². The number of aromatic nitrogens is 2. The minimum Gasteiger partial charge on any atom is -0.383 e. The third kappa shape index (κ3) is 4.36. The standard InChI is InChI=1S/C15H20BrN3O2/c1-4-17-12(9-20-3)8-14-18-15(19-21-14)13-6-5-11(16)7-10(13)2/h5-7,12,17H,4,8-9H2,1-3H3. The maximum atomic E-state index is 5.36. The van der Waals surface area contributed by atoms with Crippen LogP contribution in [-0.2, 0) is 11.2 Å². The molecule has 0 spiro atoms. The molecule has 1 unspecified atom stereocenters. The largest absolute Gasteiger partial charge is 0.383 e. The van der Waals surface area contributed by atoms with Gasteiger partial charge in [0.15, 0.2) is 0 Å². The van der Waals surface area contributed by atoms with E-state index in [1.54, 1.807) is 7.11 Å². The molecule has 1 aromatic heterocycles. The third-order valence-corrected chi connectivity index (χ3v) is 3.67. The fourth-order valence-corrected chi connectivity index (χ4v) is 2.69. The Labute approximate surface area is 133 Å². The summed E-state index contributed by atoms with van der Waals surface area (Å²) in [5.74, 6) is 1.25. The molecule has 0 amide bonds. The van der Waals surface area contributed by atoms with Crippen LogP contribution < -0.4 is 5.32 Å². The second-order valence-electron chi connectivity index (χ2n) is 4.89. The van der Waals surface area contributed by atoms with Crippen LogP contribution >= 0.6 is 15.9 Å². The molecule has 5 nitrogen and oxygen atoms in total. The minimum absolute atomic E-state index is 0.180. The second-order valence-corrected chi connectivity index (χ2v) is 5.80. The van der Waals surface area contributed by atoms with Crippen molar-refractivity contribution in [2.45, 2.75) is 26.3 Å². The number of nitrogens with one attached hydrogen (secondary N) is 1. The van der Waals surface area contributed by atoms with Crippen molar-refractivity contribution in [1.29, 1.82) is 0 Å². The zero-order chi connectivity index (χ0) is 15.2. The smallest absolute Gasteiger partial charge is 0.228 e. The van der Waals surface area contributed by atoms with E-state index in [-0.39, 0.29) is 6.04 Å². The minimum atomic E-state index is 0.180. The first-order valence-corrected chi connectivity index (χ1v) is 7.74. The first kappa shape index (κ1) is 16.1. The van der Waals surface area contributed by atoms with Crippen molar-refractivity contribution in [2.24, 2.45) is 0 Å². The first-order valence-electron chi connectivity index (χ1n) is 6.95. The Hall–Kier alpha value is -1.24. The van der Waals surface area contributed by atoms with E-state index in [1.165, 1.54) is 0 Å². The third-order valence-electron chi connectivity index (χ3n) is 3.18. The summed E-state index contributed by atoms with van der Waals surface area (Å²) < 4.78 is 11.6. The number of methoxy groups -OCH3 is 1. The molecule has 6 heteroatoms. The topological polar surface area (TPSA) is 60.2 Å². The van der Waals surface area contributed by atoms with Crippen LogP contribution in [0, 0.1) is 6.92 Å². The van der Waals surface area contributed by atoms with Gasteiger partial charge < -0.3 is 14.6 Å². The lowest BCUT2D eigenvalue weighted by Crippen LogP contribution is -2.35. The van der Waals surface area contributed by atoms with Crippen LogP contribution in [-0.4, -0.2) is 36.4 Å². The number of rotatable bonds is 7. The number of aryl methyl sites for hydroxylation is 1. The van der Waals surface area contributed by atoms with Gasteiger partial charge in [0, 0.05) is 29.6 Å². The van der Waals surface area contributed by atoms with E-state index in [2.05, 4.69) is 38.3 Å². The maximum absolute atomic E-state index is 5.36. The van der Waals surface area contributed by atoms with Crippen molar-refractivity contribution < 1.29 is 9.26 Å². The van der Waals surface area contributed by atoms with Crippen LogP contribution in [0.5, 0.6) is 0 Å². The quantitative estimate of drug-likeness (QED) is 0.828. The Kier molecular flexibility index (Phi) is 5.90. The van der Waals surface area contributed by atoms with Crippen molar-refractivity contribution in [3.63, 3.8) is 0 Å². The van der Waals surface area contributed by atoms with Crippen molar-refractivity contribution >= 4 is 15.9 Å². The second kappa shape index (κ2) is 7.68. The fourth-order valence-electron chi connectivity index (χ4n) is 2.22. The predicted octanol–water partition coefficient (Wildman–Crippen LogP) is 2.97. The molecule has 0 saturated heterocycles. The summed E-state index contributed by atoms with van der Waals surface area (Å²) in [5, 5.41) is 7.42. The fraction of sp³-hybridized carbons (Fsp3) is 0.467. The Balaban J connectivity index is 2.13. The van der Waals surface area contributed by atoms with E-state index in [0.717, 1.165) is 22.1 Å². The number of benzene rings is 1. The average molecular weight is 354 g/mol. The molecule has 2 rings (SSSR count). The van der Waals surface area contributed by atoms with Gasteiger partial charge >= 0.3 is 0 Å². The maximum Gasteiger partial charge on any atom is 0.228 e. The van der Waals surface area contributed by atoms with E-state index < -0.39 is 0 Å². The van der Waals surface area contributed by atoms with Crippen LogP contribution in [0.2, 0.25) is 0 Å². The van der Waals surface area contributed by atoms with Gasteiger partial charge in [0.2, 0.25) is 11.7 Å². The Morgan fingerprint density at radius 2 is 2.24 bits per heavy atom. The summed E-state index contributed by atoms with van der Waals surface area (Å²) in [7, 11) is 1.69. The van der Waals surface area contributed by atoms with Crippen LogP contribution in [0.25, 0.3) is 11.4 Å². The number of likely N-dealkylation sites (N-methyl/N-ethyl adjacent to an activating group) is 1. The molecule has 0 saturated carbocycles. The van der Waals surface area contributed by atoms with Gasteiger partial charge in [-0.05, 0) is 37.2 Å². The van der Waals surface area contributed by atoms with Crippen LogP contribution in [0.4, 0.5) is 0 Å². The molecule has 1 heterocycles. The number of nitrogens with zero attached hydrogens (tertiary/aromatic N) is 2. The predicted molar refractivity (Wildman–Crippen MR) is 85.2 cm³/mol. The average Bonchev–Trinajstić information content (AvgIpc) is 2.87. The molecule has 0 aliphatic carbocycles. The van der Waals surface area contributed by atoms with E-state index in [4.69, 9.17) is 9.26 Å². The number of hydrogen-bond donors (Lipinski definition) is 1. The van der Waals surface area contributed by atoms with Gasteiger partial charge in [-0.3, -0.25) is 0 Å². The zero-order valence-corrected chi connectivity index (χ0v) is 14.1. The van der Waals surface area contributed by atoms with E-state index in [9.17, 15) is 0 Å². The van der Waals surface area contributed by atoms with E-state index >= 15 is 0 Å². The summed E-state index contributed by atoms with van der Waals surface area (Å²) in [4.78, 5) is 4.49.